The summed E-state index contributed by atoms with van der Waals surface area (Å²) in [7, 11) is 0. The molecule has 2 heterocycles. The molecule has 1 aromatic carbocycles. The molecule has 0 unspecified atom stereocenters. The van der Waals surface area contributed by atoms with Crippen molar-refractivity contribution in [1.29, 1.82) is 0 Å². The van der Waals surface area contributed by atoms with Crippen LogP contribution in [0.4, 0.5) is 4.39 Å². The van der Waals surface area contributed by atoms with Crippen molar-refractivity contribution in [3.63, 3.8) is 0 Å². The van der Waals surface area contributed by atoms with E-state index in [0.717, 1.165) is 20.8 Å². The van der Waals surface area contributed by atoms with Gasteiger partial charge in [-0.1, -0.05) is 17.8 Å². The molecule has 3 nitrogen and oxygen atoms in total. The third-order valence-electron chi connectivity index (χ3n) is 2.80. The van der Waals surface area contributed by atoms with Crippen molar-refractivity contribution in [2.24, 2.45) is 0 Å². The molecule has 0 atom stereocenters. The molecule has 0 fully saturated rings. The van der Waals surface area contributed by atoms with E-state index in [-0.39, 0.29) is 5.82 Å². The van der Waals surface area contributed by atoms with E-state index in [4.69, 9.17) is 0 Å². The number of benzene rings is 1. The van der Waals surface area contributed by atoms with Crippen LogP contribution in [0.5, 0.6) is 0 Å². The maximum atomic E-state index is 12.9. The van der Waals surface area contributed by atoms with Crippen molar-refractivity contribution >= 4 is 22.8 Å². The molecule has 20 heavy (non-hydrogen) atoms. The summed E-state index contributed by atoms with van der Waals surface area (Å²) in [6, 6.07) is 8.45. The van der Waals surface area contributed by atoms with Gasteiger partial charge < -0.3 is 0 Å². The Kier molecular flexibility index (Phi) is 3.52. The lowest BCUT2D eigenvalue weighted by molar-refractivity contribution is 0.626. The minimum Gasteiger partial charge on any atom is -0.243 e. The minimum absolute atomic E-state index is 0.228. The summed E-state index contributed by atoms with van der Waals surface area (Å²) in [5.74, 6) is -0.228. The summed E-state index contributed by atoms with van der Waals surface area (Å²) in [6.45, 7) is 4.34. The topological polar surface area (TPSA) is 30.7 Å². The van der Waals surface area contributed by atoms with Crippen LogP contribution < -0.4 is 0 Å². The minimum atomic E-state index is -0.228. The van der Waals surface area contributed by atoms with E-state index in [9.17, 15) is 4.39 Å². The number of pyridine rings is 1. The number of allylic oxidation sites excluding steroid dienone is 1. The van der Waals surface area contributed by atoms with Crippen molar-refractivity contribution in [2.45, 2.75) is 16.3 Å². The second-order valence-electron chi connectivity index (χ2n) is 4.26. The molecule has 0 spiro atoms. The summed E-state index contributed by atoms with van der Waals surface area (Å²) in [4.78, 5) is 6.41. The Morgan fingerprint density at radius 1 is 1.20 bits per heavy atom. The van der Waals surface area contributed by atoms with Gasteiger partial charge in [0, 0.05) is 21.4 Å². The number of halogens is 1. The lowest BCUT2D eigenvalue weighted by Crippen LogP contribution is -1.97. The second-order valence-corrected chi connectivity index (χ2v) is 5.40. The Balaban J connectivity index is 1.89. The highest BCUT2D eigenvalue weighted by atomic mass is 32.2. The molecular weight excluding hydrogens is 273 g/mol. The van der Waals surface area contributed by atoms with Crippen LogP contribution in [0.3, 0.4) is 0 Å². The molecule has 3 aromatic rings. The first-order valence-corrected chi connectivity index (χ1v) is 6.94. The first-order valence-electron chi connectivity index (χ1n) is 6.12. The van der Waals surface area contributed by atoms with Gasteiger partial charge in [0.05, 0.1) is 12.7 Å². The first kappa shape index (κ1) is 12.9. The number of nitrogens with zero attached hydrogens (tertiary/aromatic N) is 3. The van der Waals surface area contributed by atoms with Gasteiger partial charge in [-0.2, -0.15) is 5.10 Å². The summed E-state index contributed by atoms with van der Waals surface area (Å²) in [5.41, 5.74) is 0.841. The van der Waals surface area contributed by atoms with Gasteiger partial charge in [0.2, 0.25) is 0 Å². The van der Waals surface area contributed by atoms with Gasteiger partial charge in [0.15, 0.2) is 5.65 Å². The third kappa shape index (κ3) is 2.58. The predicted octanol–water partition coefficient (Wildman–Crippen LogP) is 3.91. The average Bonchev–Trinajstić information content (AvgIpc) is 2.85. The van der Waals surface area contributed by atoms with Gasteiger partial charge in [-0.05, 0) is 30.3 Å². The second kappa shape index (κ2) is 5.46. The molecular formula is C15H12FN3S. The fourth-order valence-corrected chi connectivity index (χ4v) is 2.74. The van der Waals surface area contributed by atoms with E-state index in [1.807, 2.05) is 6.07 Å². The lowest BCUT2D eigenvalue weighted by Gasteiger charge is -2.02. The van der Waals surface area contributed by atoms with E-state index < -0.39 is 0 Å². The number of rotatable bonds is 4. The molecule has 0 aliphatic rings. The van der Waals surface area contributed by atoms with Crippen molar-refractivity contribution in [3.05, 3.63) is 61.2 Å². The van der Waals surface area contributed by atoms with Gasteiger partial charge in [0.25, 0.3) is 0 Å². The van der Waals surface area contributed by atoms with E-state index in [1.54, 1.807) is 47.0 Å². The fourth-order valence-electron chi connectivity index (χ4n) is 1.90. The predicted molar refractivity (Wildman–Crippen MR) is 78.2 cm³/mol. The molecule has 100 valence electrons. The maximum absolute atomic E-state index is 12.9. The molecule has 0 radical (unpaired) electrons. The Labute approximate surface area is 120 Å². The number of hydrogen-bond acceptors (Lipinski definition) is 3. The Morgan fingerprint density at radius 2 is 2.00 bits per heavy atom. The Bertz CT molecular complexity index is 749. The van der Waals surface area contributed by atoms with E-state index in [2.05, 4.69) is 16.7 Å². The largest absolute Gasteiger partial charge is 0.243 e. The Morgan fingerprint density at radius 3 is 2.75 bits per heavy atom. The number of hydrogen-bond donors (Lipinski definition) is 0. The zero-order valence-corrected chi connectivity index (χ0v) is 11.5. The highest BCUT2D eigenvalue weighted by molar-refractivity contribution is 7.99. The van der Waals surface area contributed by atoms with Crippen molar-refractivity contribution in [2.75, 3.05) is 0 Å². The van der Waals surface area contributed by atoms with Gasteiger partial charge in [-0.15, -0.1) is 6.58 Å². The normalized spacial score (nSPS) is 10.8. The summed E-state index contributed by atoms with van der Waals surface area (Å²) >= 11 is 1.55. The summed E-state index contributed by atoms with van der Waals surface area (Å²) in [5, 5.41) is 5.25. The molecule has 0 bridgehead atoms. The standard InChI is InChI=1S/C15H12FN3S/c1-2-7-19-15-11(9-18-19)8-14(10-17-15)20-13-5-3-12(16)4-6-13/h2-6,8-10H,1,7H2. The molecule has 2 aromatic heterocycles. The van der Waals surface area contributed by atoms with Gasteiger partial charge in [-0.25, -0.2) is 14.1 Å². The summed E-state index contributed by atoms with van der Waals surface area (Å²) < 4.78 is 14.7. The van der Waals surface area contributed by atoms with Crippen LogP contribution in [0.15, 0.2) is 65.2 Å². The molecule has 3 rings (SSSR count). The molecule has 0 aliphatic carbocycles. The maximum Gasteiger partial charge on any atom is 0.158 e. The molecule has 0 saturated heterocycles. The van der Waals surface area contributed by atoms with Crippen LogP contribution in [0.2, 0.25) is 0 Å². The zero-order valence-electron chi connectivity index (χ0n) is 10.7. The van der Waals surface area contributed by atoms with E-state index in [1.165, 1.54) is 12.1 Å². The van der Waals surface area contributed by atoms with Gasteiger partial charge >= 0.3 is 0 Å². The van der Waals surface area contributed by atoms with Crippen LogP contribution in [0.1, 0.15) is 0 Å². The quantitative estimate of drug-likeness (QED) is 0.681. The van der Waals surface area contributed by atoms with Crippen LogP contribution in [0, 0.1) is 5.82 Å². The number of aromatic nitrogens is 3. The van der Waals surface area contributed by atoms with Crippen molar-refractivity contribution in [1.82, 2.24) is 14.8 Å². The first-order chi connectivity index (χ1) is 9.76. The fraction of sp³-hybridized carbons (Fsp3) is 0.0667. The molecule has 0 N–H and O–H groups in total. The summed E-state index contributed by atoms with van der Waals surface area (Å²) in [6.07, 6.45) is 5.38. The van der Waals surface area contributed by atoms with E-state index in [0.29, 0.717) is 6.54 Å². The van der Waals surface area contributed by atoms with Crippen LogP contribution in [-0.2, 0) is 6.54 Å². The monoisotopic (exact) mass is 285 g/mol. The molecule has 0 amide bonds. The molecule has 0 saturated carbocycles. The highest BCUT2D eigenvalue weighted by Crippen LogP contribution is 2.29. The van der Waals surface area contributed by atoms with Crippen LogP contribution in [0.25, 0.3) is 11.0 Å². The van der Waals surface area contributed by atoms with E-state index >= 15 is 0 Å². The third-order valence-corrected chi connectivity index (χ3v) is 3.77. The molecule has 0 aliphatic heterocycles. The van der Waals surface area contributed by atoms with Gasteiger partial charge in [0.1, 0.15) is 5.82 Å². The van der Waals surface area contributed by atoms with Crippen molar-refractivity contribution < 1.29 is 4.39 Å². The van der Waals surface area contributed by atoms with Crippen LogP contribution >= 0.6 is 11.8 Å². The smallest absolute Gasteiger partial charge is 0.158 e. The average molecular weight is 285 g/mol. The van der Waals surface area contributed by atoms with Crippen molar-refractivity contribution in [3.8, 4) is 0 Å². The van der Waals surface area contributed by atoms with Crippen LogP contribution in [-0.4, -0.2) is 14.8 Å². The lowest BCUT2D eigenvalue weighted by atomic mass is 10.3. The SMILES string of the molecule is C=CCn1ncc2cc(Sc3ccc(F)cc3)cnc21. The Hall–Kier alpha value is -2.14. The molecule has 5 heteroatoms. The number of fused-ring (bicyclic) bond motifs is 1. The zero-order chi connectivity index (χ0) is 13.9. The van der Waals surface area contributed by atoms with Gasteiger partial charge in [-0.3, -0.25) is 0 Å². The highest BCUT2D eigenvalue weighted by Gasteiger charge is 2.05.